The maximum atomic E-state index is 9.66. The molecule has 0 amide bonds. The number of benzene rings is 1. The molecule has 0 saturated heterocycles. The smallest absolute Gasteiger partial charge is 0.118 e. The molecular weight excluding hydrogens is 234 g/mol. The van der Waals surface area contributed by atoms with Crippen LogP contribution in [-0.4, -0.2) is 7.11 Å². The third-order valence-corrected chi connectivity index (χ3v) is 4.51. The maximum Gasteiger partial charge on any atom is 0.118 e. The van der Waals surface area contributed by atoms with Gasteiger partial charge in [-0.3, -0.25) is 0 Å². The van der Waals surface area contributed by atoms with Gasteiger partial charge in [-0.15, -0.1) is 0 Å². The van der Waals surface area contributed by atoms with Crippen molar-refractivity contribution in [2.24, 2.45) is 5.92 Å². The lowest BCUT2D eigenvalue weighted by molar-refractivity contribution is 0.265. The standard InChI is InChI=1S/C17H23NO/c1-3-4-14-9-11-17(13-18,12-10-14)15-5-7-16(19-2)8-6-15/h5-8,14H,3-4,9-12H2,1-2H3. The third kappa shape index (κ3) is 2.92. The third-order valence-electron chi connectivity index (χ3n) is 4.51. The number of methoxy groups -OCH3 is 1. The highest BCUT2D eigenvalue weighted by Gasteiger charge is 2.36. The summed E-state index contributed by atoms with van der Waals surface area (Å²) >= 11 is 0. The van der Waals surface area contributed by atoms with Gasteiger partial charge in [-0.25, -0.2) is 0 Å². The molecule has 0 unspecified atom stereocenters. The molecule has 1 saturated carbocycles. The van der Waals surface area contributed by atoms with Crippen molar-refractivity contribution >= 4 is 0 Å². The molecule has 1 aliphatic rings. The first-order chi connectivity index (χ1) is 9.24. The van der Waals surface area contributed by atoms with E-state index in [0.717, 1.165) is 30.1 Å². The van der Waals surface area contributed by atoms with Gasteiger partial charge in [0.1, 0.15) is 5.75 Å². The average Bonchev–Trinajstić information content (AvgIpc) is 2.49. The quantitative estimate of drug-likeness (QED) is 0.798. The number of rotatable bonds is 4. The van der Waals surface area contributed by atoms with Crippen LogP contribution in [0.2, 0.25) is 0 Å². The van der Waals surface area contributed by atoms with Crippen molar-refractivity contribution in [1.29, 1.82) is 5.26 Å². The van der Waals surface area contributed by atoms with E-state index in [9.17, 15) is 5.26 Å². The van der Waals surface area contributed by atoms with Gasteiger partial charge in [-0.05, 0) is 49.3 Å². The molecule has 0 aliphatic heterocycles. The lowest BCUT2D eigenvalue weighted by Crippen LogP contribution is -2.30. The Kier molecular flexibility index (Phi) is 4.47. The van der Waals surface area contributed by atoms with Crippen LogP contribution in [0.25, 0.3) is 0 Å². The maximum absolute atomic E-state index is 9.66. The molecule has 0 atom stereocenters. The van der Waals surface area contributed by atoms with E-state index >= 15 is 0 Å². The van der Waals surface area contributed by atoms with Crippen molar-refractivity contribution < 1.29 is 4.74 Å². The molecule has 0 heterocycles. The fourth-order valence-electron chi connectivity index (χ4n) is 3.24. The Bertz CT molecular complexity index is 435. The Morgan fingerprint density at radius 2 is 1.89 bits per heavy atom. The molecule has 0 spiro atoms. The van der Waals surface area contributed by atoms with Crippen LogP contribution in [0.5, 0.6) is 5.75 Å². The van der Waals surface area contributed by atoms with Crippen LogP contribution >= 0.6 is 0 Å². The van der Waals surface area contributed by atoms with Gasteiger partial charge in [0.05, 0.1) is 18.6 Å². The fraction of sp³-hybridized carbons (Fsp3) is 0.588. The van der Waals surface area contributed by atoms with E-state index in [4.69, 9.17) is 4.74 Å². The van der Waals surface area contributed by atoms with Crippen molar-refractivity contribution in [1.82, 2.24) is 0 Å². The molecule has 102 valence electrons. The van der Waals surface area contributed by atoms with Crippen LogP contribution in [0.15, 0.2) is 24.3 Å². The Morgan fingerprint density at radius 1 is 1.26 bits per heavy atom. The van der Waals surface area contributed by atoms with E-state index in [2.05, 4.69) is 25.1 Å². The molecule has 0 N–H and O–H groups in total. The minimum Gasteiger partial charge on any atom is -0.497 e. The average molecular weight is 257 g/mol. The summed E-state index contributed by atoms with van der Waals surface area (Å²) in [6.45, 7) is 2.25. The summed E-state index contributed by atoms with van der Waals surface area (Å²) in [6, 6.07) is 10.6. The lowest BCUT2D eigenvalue weighted by Gasteiger charge is -2.35. The molecule has 0 bridgehead atoms. The Labute approximate surface area is 116 Å². The van der Waals surface area contributed by atoms with Crippen LogP contribution in [0.4, 0.5) is 0 Å². The van der Waals surface area contributed by atoms with Gasteiger partial charge in [0, 0.05) is 0 Å². The second-order valence-electron chi connectivity index (χ2n) is 5.65. The second-order valence-corrected chi connectivity index (χ2v) is 5.65. The van der Waals surface area contributed by atoms with E-state index in [1.807, 2.05) is 12.1 Å². The van der Waals surface area contributed by atoms with Gasteiger partial charge in [-0.2, -0.15) is 5.26 Å². The van der Waals surface area contributed by atoms with Crippen molar-refractivity contribution in [3.05, 3.63) is 29.8 Å². The van der Waals surface area contributed by atoms with Gasteiger partial charge in [0.15, 0.2) is 0 Å². The zero-order valence-electron chi connectivity index (χ0n) is 12.0. The molecule has 2 heteroatoms. The summed E-state index contributed by atoms with van der Waals surface area (Å²) in [5.74, 6) is 1.68. The predicted molar refractivity (Wildman–Crippen MR) is 77.2 cm³/mol. The van der Waals surface area contributed by atoms with E-state index in [0.29, 0.717) is 0 Å². The largest absolute Gasteiger partial charge is 0.497 e. The molecule has 0 aromatic heterocycles. The zero-order valence-corrected chi connectivity index (χ0v) is 12.0. The Morgan fingerprint density at radius 3 is 2.37 bits per heavy atom. The van der Waals surface area contributed by atoms with Crippen LogP contribution < -0.4 is 4.74 Å². The van der Waals surface area contributed by atoms with E-state index in [1.165, 1.54) is 25.7 Å². The van der Waals surface area contributed by atoms with Crippen LogP contribution in [0.3, 0.4) is 0 Å². The van der Waals surface area contributed by atoms with Crippen LogP contribution in [0, 0.1) is 17.2 Å². The molecule has 1 aliphatic carbocycles. The van der Waals surface area contributed by atoms with Gasteiger partial charge in [0.2, 0.25) is 0 Å². The first kappa shape index (κ1) is 13.9. The number of ether oxygens (including phenoxy) is 1. The molecular formula is C17H23NO. The lowest BCUT2D eigenvalue weighted by atomic mass is 9.67. The predicted octanol–water partition coefficient (Wildman–Crippen LogP) is 4.45. The van der Waals surface area contributed by atoms with Crippen molar-refractivity contribution in [3.8, 4) is 11.8 Å². The van der Waals surface area contributed by atoms with E-state index < -0.39 is 0 Å². The summed E-state index contributed by atoms with van der Waals surface area (Å²) in [5, 5.41) is 9.66. The summed E-state index contributed by atoms with van der Waals surface area (Å²) < 4.78 is 5.19. The summed E-state index contributed by atoms with van der Waals surface area (Å²) in [5.41, 5.74) is 0.891. The monoisotopic (exact) mass is 257 g/mol. The van der Waals surface area contributed by atoms with Gasteiger partial charge >= 0.3 is 0 Å². The minimum atomic E-state index is -0.267. The Hall–Kier alpha value is -1.49. The van der Waals surface area contributed by atoms with E-state index in [1.54, 1.807) is 7.11 Å². The SMILES string of the molecule is CCCC1CCC(C#N)(c2ccc(OC)cc2)CC1. The topological polar surface area (TPSA) is 33.0 Å². The normalized spacial score (nSPS) is 26.7. The molecule has 1 aromatic carbocycles. The summed E-state index contributed by atoms with van der Waals surface area (Å²) in [7, 11) is 1.67. The number of nitriles is 1. The molecule has 1 fully saturated rings. The van der Waals surface area contributed by atoms with Crippen molar-refractivity contribution in [2.45, 2.75) is 50.9 Å². The van der Waals surface area contributed by atoms with Crippen molar-refractivity contribution in [3.63, 3.8) is 0 Å². The zero-order chi connectivity index (χ0) is 13.7. The van der Waals surface area contributed by atoms with Crippen LogP contribution in [0.1, 0.15) is 51.0 Å². The minimum absolute atomic E-state index is 0.267. The highest BCUT2D eigenvalue weighted by atomic mass is 16.5. The van der Waals surface area contributed by atoms with E-state index in [-0.39, 0.29) is 5.41 Å². The van der Waals surface area contributed by atoms with Gasteiger partial charge in [-0.1, -0.05) is 31.9 Å². The van der Waals surface area contributed by atoms with Crippen LogP contribution in [-0.2, 0) is 5.41 Å². The molecule has 2 rings (SSSR count). The first-order valence-corrected chi connectivity index (χ1v) is 7.30. The Balaban J connectivity index is 2.13. The molecule has 0 radical (unpaired) electrons. The highest BCUT2D eigenvalue weighted by Crippen LogP contribution is 2.42. The summed E-state index contributed by atoms with van der Waals surface area (Å²) in [6.07, 6.45) is 6.94. The molecule has 2 nitrogen and oxygen atoms in total. The highest BCUT2D eigenvalue weighted by molar-refractivity contribution is 5.37. The molecule has 1 aromatic rings. The number of nitrogens with zero attached hydrogens (tertiary/aromatic N) is 1. The number of hydrogen-bond donors (Lipinski definition) is 0. The van der Waals surface area contributed by atoms with Gasteiger partial charge < -0.3 is 4.74 Å². The second kappa shape index (κ2) is 6.10. The fourth-order valence-corrected chi connectivity index (χ4v) is 3.24. The van der Waals surface area contributed by atoms with Crippen molar-refractivity contribution in [2.75, 3.05) is 7.11 Å². The van der Waals surface area contributed by atoms with Gasteiger partial charge in [0.25, 0.3) is 0 Å². The number of hydrogen-bond acceptors (Lipinski definition) is 2. The first-order valence-electron chi connectivity index (χ1n) is 7.30. The summed E-state index contributed by atoms with van der Waals surface area (Å²) in [4.78, 5) is 0. The molecule has 19 heavy (non-hydrogen) atoms.